The predicted octanol–water partition coefficient (Wildman–Crippen LogP) is 0.287. The van der Waals surface area contributed by atoms with Crippen LogP contribution in [0.25, 0.3) is 0 Å². The Morgan fingerprint density at radius 1 is 1.60 bits per heavy atom. The first-order valence-corrected chi connectivity index (χ1v) is 6.59. The molecule has 15 heavy (non-hydrogen) atoms. The average molecular weight is 231 g/mol. The molecule has 5 nitrogen and oxygen atoms in total. The molecule has 1 fully saturated rings. The third-order valence-corrected chi connectivity index (χ3v) is 4.90. The van der Waals surface area contributed by atoms with E-state index in [1.165, 1.54) is 6.26 Å². The number of hydrogen-bond donors (Lipinski definition) is 1. The van der Waals surface area contributed by atoms with E-state index in [-0.39, 0.29) is 17.6 Å². The molecule has 1 aliphatic rings. The van der Waals surface area contributed by atoms with Crippen molar-refractivity contribution in [2.24, 2.45) is 0 Å². The Bertz CT molecular complexity index is 437. The summed E-state index contributed by atoms with van der Waals surface area (Å²) >= 11 is 0. The van der Waals surface area contributed by atoms with Crippen molar-refractivity contribution < 1.29 is 17.9 Å². The first-order chi connectivity index (χ1) is 7.12. The molecule has 0 aromatic carbocycles. The molecular formula is C9H13NO4S. The van der Waals surface area contributed by atoms with Crippen LogP contribution in [0.5, 0.6) is 0 Å². The van der Waals surface area contributed by atoms with E-state index in [0.717, 1.165) is 6.42 Å². The van der Waals surface area contributed by atoms with E-state index in [1.54, 1.807) is 0 Å². The summed E-state index contributed by atoms with van der Waals surface area (Å²) in [4.78, 5) is 3.98. The van der Waals surface area contributed by atoms with Gasteiger partial charge < -0.3 is 9.52 Å². The van der Waals surface area contributed by atoms with Crippen LogP contribution < -0.4 is 0 Å². The van der Waals surface area contributed by atoms with Crippen LogP contribution in [0.4, 0.5) is 0 Å². The summed E-state index contributed by atoms with van der Waals surface area (Å²) in [7, 11) is -2.95. The maximum absolute atomic E-state index is 11.5. The number of rotatable bonds is 3. The number of sulfone groups is 1. The van der Waals surface area contributed by atoms with Crippen molar-refractivity contribution >= 4 is 9.84 Å². The van der Waals surface area contributed by atoms with E-state index in [4.69, 9.17) is 9.52 Å². The normalized spacial score (nSPS) is 24.5. The number of aliphatic hydroxyl groups is 1. The van der Waals surface area contributed by atoms with Gasteiger partial charge in [0.1, 0.15) is 12.0 Å². The SMILES string of the molecule is O=S1(=O)CCCC1Cc1nc(CO)co1. The minimum atomic E-state index is -2.95. The van der Waals surface area contributed by atoms with Crippen LogP contribution >= 0.6 is 0 Å². The third-order valence-electron chi connectivity index (χ3n) is 2.63. The molecule has 1 aliphatic heterocycles. The Kier molecular flexibility index (Phi) is 2.79. The van der Waals surface area contributed by atoms with E-state index in [9.17, 15) is 8.42 Å². The summed E-state index contributed by atoms with van der Waals surface area (Å²) in [5, 5.41) is 8.42. The minimum absolute atomic E-state index is 0.180. The molecule has 0 amide bonds. The van der Waals surface area contributed by atoms with Crippen LogP contribution in [0.1, 0.15) is 24.4 Å². The number of hydrogen-bond acceptors (Lipinski definition) is 5. The summed E-state index contributed by atoms with van der Waals surface area (Å²) < 4.78 is 28.1. The second-order valence-electron chi connectivity index (χ2n) is 3.73. The molecule has 2 heterocycles. The molecule has 0 radical (unpaired) electrons. The topological polar surface area (TPSA) is 80.4 Å². The van der Waals surface area contributed by atoms with Gasteiger partial charge in [0.05, 0.1) is 17.6 Å². The highest BCUT2D eigenvalue weighted by Crippen LogP contribution is 2.23. The Morgan fingerprint density at radius 3 is 2.93 bits per heavy atom. The summed E-state index contributed by atoms with van der Waals surface area (Å²) in [6, 6.07) is 0. The zero-order chi connectivity index (χ0) is 10.9. The second kappa shape index (κ2) is 3.94. The molecule has 0 spiro atoms. The average Bonchev–Trinajstić information content (AvgIpc) is 2.75. The van der Waals surface area contributed by atoms with Gasteiger partial charge in [-0.1, -0.05) is 0 Å². The molecule has 0 bridgehead atoms. The highest BCUT2D eigenvalue weighted by molar-refractivity contribution is 7.92. The van der Waals surface area contributed by atoms with Gasteiger partial charge >= 0.3 is 0 Å². The quantitative estimate of drug-likeness (QED) is 0.808. The molecule has 1 atom stereocenters. The Labute approximate surface area is 88.0 Å². The molecule has 1 N–H and O–H groups in total. The zero-order valence-electron chi connectivity index (χ0n) is 8.22. The van der Waals surface area contributed by atoms with Crippen molar-refractivity contribution in [3.63, 3.8) is 0 Å². The van der Waals surface area contributed by atoms with Crippen molar-refractivity contribution in [2.45, 2.75) is 31.1 Å². The van der Waals surface area contributed by atoms with Crippen LogP contribution in [0.3, 0.4) is 0 Å². The molecular weight excluding hydrogens is 218 g/mol. The van der Waals surface area contributed by atoms with E-state index in [2.05, 4.69) is 4.98 Å². The maximum atomic E-state index is 11.5. The molecule has 6 heteroatoms. The fraction of sp³-hybridized carbons (Fsp3) is 0.667. The molecule has 1 aromatic heterocycles. The van der Waals surface area contributed by atoms with Gasteiger partial charge in [-0.2, -0.15) is 0 Å². The lowest BCUT2D eigenvalue weighted by Crippen LogP contribution is -2.18. The minimum Gasteiger partial charge on any atom is -0.449 e. The second-order valence-corrected chi connectivity index (χ2v) is 6.13. The lowest BCUT2D eigenvalue weighted by atomic mass is 10.2. The van der Waals surface area contributed by atoms with Gasteiger partial charge in [0.25, 0.3) is 0 Å². The van der Waals surface area contributed by atoms with Crippen LogP contribution in [0.15, 0.2) is 10.7 Å². The number of oxazole rings is 1. The monoisotopic (exact) mass is 231 g/mol. The molecule has 1 unspecified atom stereocenters. The summed E-state index contributed by atoms with van der Waals surface area (Å²) in [6.07, 6.45) is 3.08. The van der Waals surface area contributed by atoms with E-state index in [1.807, 2.05) is 0 Å². The first kappa shape index (κ1) is 10.6. The van der Waals surface area contributed by atoms with Crippen molar-refractivity contribution in [3.8, 4) is 0 Å². The molecule has 0 aliphatic carbocycles. The number of nitrogens with zero attached hydrogens (tertiary/aromatic N) is 1. The van der Waals surface area contributed by atoms with Crippen molar-refractivity contribution in [1.82, 2.24) is 4.98 Å². The van der Waals surface area contributed by atoms with E-state index < -0.39 is 9.84 Å². The lowest BCUT2D eigenvalue weighted by Gasteiger charge is -2.04. The van der Waals surface area contributed by atoms with Gasteiger partial charge in [-0.3, -0.25) is 0 Å². The van der Waals surface area contributed by atoms with Gasteiger partial charge in [-0.15, -0.1) is 0 Å². The third kappa shape index (κ3) is 2.21. The molecule has 2 rings (SSSR count). The highest BCUT2D eigenvalue weighted by atomic mass is 32.2. The van der Waals surface area contributed by atoms with Crippen molar-refractivity contribution in [3.05, 3.63) is 17.8 Å². The number of aliphatic hydroxyl groups excluding tert-OH is 1. The molecule has 1 saturated heterocycles. The van der Waals surface area contributed by atoms with Gasteiger partial charge in [0.15, 0.2) is 15.7 Å². The van der Waals surface area contributed by atoms with Gasteiger partial charge in [-0.25, -0.2) is 13.4 Å². The maximum Gasteiger partial charge on any atom is 0.195 e. The van der Waals surface area contributed by atoms with Crippen LogP contribution in [-0.2, 0) is 22.9 Å². The van der Waals surface area contributed by atoms with Gasteiger partial charge in [-0.05, 0) is 12.8 Å². The fourth-order valence-corrected chi connectivity index (χ4v) is 3.62. The Balaban J connectivity index is 2.09. The first-order valence-electron chi connectivity index (χ1n) is 4.87. The lowest BCUT2D eigenvalue weighted by molar-refractivity contribution is 0.276. The summed E-state index contributed by atoms with van der Waals surface area (Å²) in [5.41, 5.74) is 0.445. The standard InChI is InChI=1S/C9H13NO4S/c11-5-7-6-14-9(10-7)4-8-2-1-3-15(8,12)13/h6,8,11H,1-5H2. The van der Waals surface area contributed by atoms with Gasteiger partial charge in [0, 0.05) is 6.42 Å². The van der Waals surface area contributed by atoms with Crippen LogP contribution in [0, 0.1) is 0 Å². The molecule has 84 valence electrons. The zero-order valence-corrected chi connectivity index (χ0v) is 9.03. The van der Waals surface area contributed by atoms with Crippen molar-refractivity contribution in [1.29, 1.82) is 0 Å². The molecule has 1 aromatic rings. The van der Waals surface area contributed by atoms with Crippen LogP contribution in [0.2, 0.25) is 0 Å². The van der Waals surface area contributed by atoms with E-state index >= 15 is 0 Å². The summed E-state index contributed by atoms with van der Waals surface area (Å²) in [5.74, 6) is 0.667. The fourth-order valence-electron chi connectivity index (χ4n) is 1.80. The van der Waals surface area contributed by atoms with Crippen molar-refractivity contribution in [2.75, 3.05) is 5.75 Å². The van der Waals surface area contributed by atoms with Gasteiger partial charge in [0.2, 0.25) is 0 Å². The number of aromatic nitrogens is 1. The smallest absolute Gasteiger partial charge is 0.195 e. The predicted molar refractivity (Wildman–Crippen MR) is 52.9 cm³/mol. The van der Waals surface area contributed by atoms with Crippen LogP contribution in [-0.4, -0.2) is 29.5 Å². The highest BCUT2D eigenvalue weighted by Gasteiger charge is 2.32. The van der Waals surface area contributed by atoms with E-state index in [0.29, 0.717) is 24.4 Å². The Hall–Kier alpha value is -0.880. The molecule has 0 saturated carbocycles. The largest absolute Gasteiger partial charge is 0.449 e. The Morgan fingerprint density at radius 2 is 2.40 bits per heavy atom. The summed E-state index contributed by atoms with van der Waals surface area (Å²) in [6.45, 7) is -0.180.